The van der Waals surface area contributed by atoms with Gasteiger partial charge in [0.15, 0.2) is 0 Å². The van der Waals surface area contributed by atoms with Crippen LogP contribution in [0.4, 0.5) is 10.5 Å². The SMILES string of the molecule is COC1CN(C(=O)OC(C)(C)C)C(C(=O)N(c2ccc(C(C)(C)C)cc2)C(C(=O)NC2CCCCC2)c2cccnc2)C1OC. The first-order valence-corrected chi connectivity index (χ1v) is 15.9. The molecule has 1 saturated heterocycles. The van der Waals surface area contributed by atoms with E-state index in [1.165, 1.54) is 24.0 Å². The Hall–Kier alpha value is -3.50. The van der Waals surface area contributed by atoms with Gasteiger partial charge in [0.1, 0.15) is 29.9 Å². The Morgan fingerprint density at radius 1 is 0.956 bits per heavy atom. The van der Waals surface area contributed by atoms with Crippen LogP contribution in [0.15, 0.2) is 48.8 Å². The highest BCUT2D eigenvalue weighted by Crippen LogP contribution is 2.35. The number of amides is 3. The third kappa shape index (κ3) is 8.21. The smallest absolute Gasteiger partial charge is 0.411 e. The van der Waals surface area contributed by atoms with E-state index in [0.29, 0.717) is 11.3 Å². The zero-order valence-electron chi connectivity index (χ0n) is 28.0. The van der Waals surface area contributed by atoms with E-state index in [4.69, 9.17) is 14.2 Å². The maximum atomic E-state index is 15.1. The van der Waals surface area contributed by atoms with Crippen LogP contribution in [-0.4, -0.2) is 78.4 Å². The number of aromatic nitrogens is 1. The van der Waals surface area contributed by atoms with Gasteiger partial charge in [-0.15, -0.1) is 0 Å². The van der Waals surface area contributed by atoms with E-state index < -0.39 is 41.9 Å². The van der Waals surface area contributed by atoms with Crippen molar-refractivity contribution >= 4 is 23.6 Å². The van der Waals surface area contributed by atoms with Gasteiger partial charge < -0.3 is 19.5 Å². The highest BCUT2D eigenvalue weighted by molar-refractivity contribution is 6.05. The lowest BCUT2D eigenvalue weighted by Crippen LogP contribution is -2.56. The Kier molecular flexibility index (Phi) is 10.9. The van der Waals surface area contributed by atoms with Gasteiger partial charge in [-0.05, 0) is 62.8 Å². The molecule has 1 aliphatic carbocycles. The van der Waals surface area contributed by atoms with Crippen LogP contribution in [0.5, 0.6) is 0 Å². The van der Waals surface area contributed by atoms with Crippen LogP contribution < -0.4 is 10.2 Å². The lowest BCUT2D eigenvalue weighted by molar-refractivity contribution is -0.131. The number of rotatable bonds is 8. The molecule has 2 aromatic rings. The number of benzene rings is 1. The normalized spacial score (nSPS) is 21.7. The summed E-state index contributed by atoms with van der Waals surface area (Å²) in [6, 6.07) is 9.04. The summed E-state index contributed by atoms with van der Waals surface area (Å²) < 4.78 is 17.3. The minimum absolute atomic E-state index is 0.0139. The van der Waals surface area contributed by atoms with Crippen molar-refractivity contribution in [3.8, 4) is 0 Å². The van der Waals surface area contributed by atoms with E-state index in [0.717, 1.165) is 37.7 Å². The zero-order valence-corrected chi connectivity index (χ0v) is 28.0. The molecule has 10 heteroatoms. The summed E-state index contributed by atoms with van der Waals surface area (Å²) in [5.41, 5.74) is 1.23. The number of nitrogens with zero attached hydrogens (tertiary/aromatic N) is 3. The first kappa shape index (κ1) is 34.4. The van der Waals surface area contributed by atoms with Crippen LogP contribution in [0.1, 0.15) is 90.8 Å². The molecule has 1 aliphatic heterocycles. The average molecular weight is 623 g/mol. The molecule has 2 heterocycles. The first-order chi connectivity index (χ1) is 21.2. The van der Waals surface area contributed by atoms with Gasteiger partial charge in [0.25, 0.3) is 5.91 Å². The first-order valence-electron chi connectivity index (χ1n) is 15.9. The van der Waals surface area contributed by atoms with E-state index in [-0.39, 0.29) is 23.9 Å². The van der Waals surface area contributed by atoms with Gasteiger partial charge in [0.05, 0.1) is 6.54 Å². The maximum Gasteiger partial charge on any atom is 0.411 e. The van der Waals surface area contributed by atoms with Crippen LogP contribution in [-0.2, 0) is 29.2 Å². The number of carbonyl (C=O) groups excluding carboxylic acids is 3. The number of nitrogens with one attached hydrogen (secondary N) is 1. The summed E-state index contributed by atoms with van der Waals surface area (Å²) in [6.07, 6.45) is 6.19. The van der Waals surface area contributed by atoms with Crippen LogP contribution in [0.3, 0.4) is 0 Å². The van der Waals surface area contributed by atoms with Gasteiger partial charge in [0.2, 0.25) is 5.91 Å². The molecule has 1 aromatic carbocycles. The van der Waals surface area contributed by atoms with E-state index in [2.05, 4.69) is 31.1 Å². The quantitative estimate of drug-likeness (QED) is 0.411. The largest absolute Gasteiger partial charge is 0.444 e. The Morgan fingerprint density at radius 3 is 2.16 bits per heavy atom. The molecule has 2 fully saturated rings. The molecule has 0 spiro atoms. The van der Waals surface area contributed by atoms with Crippen LogP contribution >= 0.6 is 0 Å². The van der Waals surface area contributed by atoms with Crippen LogP contribution in [0, 0.1) is 0 Å². The summed E-state index contributed by atoms with van der Waals surface area (Å²) in [7, 11) is 3.02. The minimum Gasteiger partial charge on any atom is -0.444 e. The summed E-state index contributed by atoms with van der Waals surface area (Å²) >= 11 is 0. The Bertz CT molecular complexity index is 1300. The van der Waals surface area contributed by atoms with Crippen molar-refractivity contribution in [1.29, 1.82) is 0 Å². The number of ether oxygens (including phenoxy) is 3. The third-order valence-electron chi connectivity index (χ3n) is 8.55. The Labute approximate surface area is 267 Å². The maximum absolute atomic E-state index is 15.1. The van der Waals surface area contributed by atoms with E-state index in [1.54, 1.807) is 45.3 Å². The fraction of sp³-hybridized carbons (Fsp3) is 0.600. The summed E-state index contributed by atoms with van der Waals surface area (Å²) in [5, 5.41) is 3.24. The number of hydrogen-bond donors (Lipinski definition) is 1. The molecule has 0 bridgehead atoms. The molecule has 4 rings (SSSR count). The van der Waals surface area contributed by atoms with Gasteiger partial charge in [-0.3, -0.25) is 24.4 Å². The summed E-state index contributed by atoms with van der Waals surface area (Å²) in [5.74, 6) is -0.786. The lowest BCUT2D eigenvalue weighted by atomic mass is 9.87. The number of anilines is 1. The molecule has 10 nitrogen and oxygen atoms in total. The second kappa shape index (κ2) is 14.3. The van der Waals surface area contributed by atoms with E-state index >= 15 is 4.79 Å². The molecule has 4 atom stereocenters. The molecule has 3 amide bonds. The van der Waals surface area contributed by atoms with Crippen molar-refractivity contribution in [2.45, 2.75) is 115 Å². The molecule has 1 aromatic heterocycles. The Morgan fingerprint density at radius 2 is 1.62 bits per heavy atom. The van der Waals surface area contributed by atoms with Crippen molar-refractivity contribution in [2.24, 2.45) is 0 Å². The number of hydrogen-bond acceptors (Lipinski definition) is 7. The van der Waals surface area contributed by atoms with Gasteiger partial charge in [-0.1, -0.05) is 58.2 Å². The number of methoxy groups -OCH3 is 2. The molecule has 45 heavy (non-hydrogen) atoms. The predicted octanol–water partition coefficient (Wildman–Crippen LogP) is 5.55. The average Bonchev–Trinajstić information content (AvgIpc) is 3.38. The fourth-order valence-corrected chi connectivity index (χ4v) is 6.21. The van der Waals surface area contributed by atoms with Crippen molar-refractivity contribution in [3.63, 3.8) is 0 Å². The highest BCUT2D eigenvalue weighted by atomic mass is 16.6. The van der Waals surface area contributed by atoms with Crippen molar-refractivity contribution in [3.05, 3.63) is 59.9 Å². The Balaban J connectivity index is 1.86. The monoisotopic (exact) mass is 622 g/mol. The predicted molar refractivity (Wildman–Crippen MR) is 173 cm³/mol. The topological polar surface area (TPSA) is 110 Å². The molecule has 4 unspecified atom stereocenters. The second-order valence-corrected chi connectivity index (χ2v) is 14.1. The van der Waals surface area contributed by atoms with Gasteiger partial charge in [-0.2, -0.15) is 0 Å². The van der Waals surface area contributed by atoms with Crippen LogP contribution in [0.25, 0.3) is 0 Å². The summed E-state index contributed by atoms with van der Waals surface area (Å²) in [6.45, 7) is 11.8. The van der Waals surface area contributed by atoms with Crippen molar-refractivity contribution < 1.29 is 28.6 Å². The van der Waals surface area contributed by atoms with Gasteiger partial charge in [0, 0.05) is 43.9 Å². The third-order valence-corrected chi connectivity index (χ3v) is 8.55. The number of likely N-dealkylation sites (tertiary alicyclic amines) is 1. The van der Waals surface area contributed by atoms with Gasteiger partial charge in [-0.25, -0.2) is 4.79 Å². The molecular weight excluding hydrogens is 572 g/mol. The minimum atomic E-state index is -1.13. The summed E-state index contributed by atoms with van der Waals surface area (Å²) in [4.78, 5) is 50.2. The van der Waals surface area contributed by atoms with E-state index in [9.17, 15) is 9.59 Å². The lowest BCUT2D eigenvalue weighted by Gasteiger charge is -2.37. The standard InChI is InChI=1S/C35H50N4O6/c1-34(2,3)24-16-18-26(19-17-24)39(28(23-13-12-20-36-21-23)31(40)37-25-14-10-9-11-15-25)32(41)29-30(44-8)27(43-7)22-38(29)33(42)45-35(4,5)6/h12-13,16-21,25,27-30H,9-11,14-15,22H2,1-8H3,(H,37,40). The number of carbonyl (C=O) groups is 3. The van der Waals surface area contributed by atoms with Crippen LogP contribution in [0.2, 0.25) is 0 Å². The van der Waals surface area contributed by atoms with Gasteiger partial charge >= 0.3 is 6.09 Å². The van der Waals surface area contributed by atoms with Crippen molar-refractivity contribution in [2.75, 3.05) is 25.7 Å². The molecule has 2 aliphatic rings. The molecule has 1 saturated carbocycles. The molecule has 246 valence electrons. The fourth-order valence-electron chi connectivity index (χ4n) is 6.21. The molecule has 1 N–H and O–H groups in total. The molecule has 0 radical (unpaired) electrons. The second-order valence-electron chi connectivity index (χ2n) is 14.1. The zero-order chi connectivity index (χ0) is 32.9. The van der Waals surface area contributed by atoms with Crippen molar-refractivity contribution in [1.82, 2.24) is 15.2 Å². The van der Waals surface area contributed by atoms with E-state index in [1.807, 2.05) is 24.3 Å². The highest BCUT2D eigenvalue weighted by Gasteiger charge is 2.53. The molecular formula is C35H50N4O6. The number of pyridine rings is 1.